The summed E-state index contributed by atoms with van der Waals surface area (Å²) in [5, 5.41) is 12.8. The number of ether oxygens (including phenoxy) is 2. The molecule has 0 aliphatic carbocycles. The summed E-state index contributed by atoms with van der Waals surface area (Å²) in [7, 11) is 0. The predicted octanol–water partition coefficient (Wildman–Crippen LogP) is 6.48. The number of alkyl halides is 2. The maximum absolute atomic E-state index is 13.7. The zero-order valence-corrected chi connectivity index (χ0v) is 19.6. The van der Waals surface area contributed by atoms with Crippen LogP contribution in [0.1, 0.15) is 36.6 Å². The number of aryl methyl sites for hydroxylation is 1. The summed E-state index contributed by atoms with van der Waals surface area (Å²) >= 11 is 0. The Labute approximate surface area is 201 Å². The third-order valence-electron chi connectivity index (χ3n) is 6.57. The van der Waals surface area contributed by atoms with Crippen molar-refractivity contribution in [2.24, 2.45) is 0 Å². The normalized spacial score (nSPS) is 14.3. The number of aliphatic carboxylic acids is 1. The van der Waals surface area contributed by atoms with E-state index in [4.69, 9.17) is 9.47 Å². The molecule has 0 fully saturated rings. The molecule has 3 aromatic carbocycles. The van der Waals surface area contributed by atoms with E-state index in [0.717, 1.165) is 33.9 Å². The van der Waals surface area contributed by atoms with Crippen LogP contribution < -0.4 is 4.74 Å². The van der Waals surface area contributed by atoms with Gasteiger partial charge in [-0.3, -0.25) is 4.98 Å². The number of pyridine rings is 1. The van der Waals surface area contributed by atoms with Gasteiger partial charge in [0, 0.05) is 29.1 Å². The Kier molecular flexibility index (Phi) is 5.68. The maximum atomic E-state index is 13.7. The van der Waals surface area contributed by atoms with Crippen LogP contribution in [-0.4, -0.2) is 34.7 Å². The molecule has 1 N–H and O–H groups in total. The minimum atomic E-state index is -2.87. The fraction of sp³-hybridized carbons (Fsp3) is 0.286. The average molecular weight is 478 g/mol. The van der Waals surface area contributed by atoms with Crippen molar-refractivity contribution in [2.45, 2.75) is 45.3 Å². The number of fused-ring (bicyclic) bond motifs is 1. The molecular weight excluding hydrogens is 452 g/mol. The molecule has 35 heavy (non-hydrogen) atoms. The van der Waals surface area contributed by atoms with Gasteiger partial charge in [0.2, 0.25) is 0 Å². The van der Waals surface area contributed by atoms with E-state index in [9.17, 15) is 18.7 Å². The number of hydrogen-bond acceptors (Lipinski definition) is 4. The summed E-state index contributed by atoms with van der Waals surface area (Å²) in [6, 6.07) is 15.2. The lowest BCUT2D eigenvalue weighted by Crippen LogP contribution is -2.37. The maximum Gasteiger partial charge on any atom is 0.337 e. The van der Waals surface area contributed by atoms with Gasteiger partial charge in [-0.15, -0.1) is 0 Å². The highest BCUT2D eigenvalue weighted by atomic mass is 19.3. The molecule has 1 aliphatic rings. The van der Waals surface area contributed by atoms with E-state index in [1.807, 2.05) is 48.5 Å². The molecule has 4 aromatic rings. The van der Waals surface area contributed by atoms with Crippen LogP contribution in [-0.2, 0) is 16.0 Å². The summed E-state index contributed by atoms with van der Waals surface area (Å²) in [6.45, 7) is 4.75. The van der Waals surface area contributed by atoms with E-state index in [1.165, 1.54) is 13.8 Å². The number of carboxylic acids is 1. The Morgan fingerprint density at radius 1 is 1.17 bits per heavy atom. The standard InChI is InChI=1S/C28H25F2NO4/c1-15-14-17-6-4-5-7-18(17)23(21(15)25(26(32)33)35-28(2,3)27(29)30)19-8-9-20-22-16(11-13-34-20)10-12-31-24(19)22/h4-10,12,14,25,27H,11,13H2,1-3H3,(H,32,33)/t25-/m1/s1. The van der Waals surface area contributed by atoms with E-state index >= 15 is 0 Å². The van der Waals surface area contributed by atoms with Crippen LogP contribution in [0.5, 0.6) is 5.75 Å². The molecule has 1 atom stereocenters. The summed E-state index contributed by atoms with van der Waals surface area (Å²) in [6.07, 6.45) is -2.01. The highest BCUT2D eigenvalue weighted by molar-refractivity contribution is 6.08. The third-order valence-corrected chi connectivity index (χ3v) is 6.57. The van der Waals surface area contributed by atoms with Crippen molar-refractivity contribution in [3.8, 4) is 16.9 Å². The van der Waals surface area contributed by atoms with Gasteiger partial charge in [-0.1, -0.05) is 30.3 Å². The van der Waals surface area contributed by atoms with Gasteiger partial charge >= 0.3 is 5.97 Å². The van der Waals surface area contributed by atoms with Gasteiger partial charge in [0.25, 0.3) is 6.43 Å². The van der Waals surface area contributed by atoms with Crippen LogP contribution >= 0.6 is 0 Å². The van der Waals surface area contributed by atoms with Crippen LogP contribution in [0.4, 0.5) is 8.78 Å². The van der Waals surface area contributed by atoms with Crippen molar-refractivity contribution < 1.29 is 28.2 Å². The van der Waals surface area contributed by atoms with E-state index in [1.54, 1.807) is 13.1 Å². The largest absolute Gasteiger partial charge is 0.493 e. The van der Waals surface area contributed by atoms with Crippen LogP contribution in [0.3, 0.4) is 0 Å². The van der Waals surface area contributed by atoms with Crippen molar-refractivity contribution >= 4 is 27.6 Å². The summed E-state index contributed by atoms with van der Waals surface area (Å²) in [5.74, 6) is -0.612. The Bertz CT molecular complexity index is 1450. The van der Waals surface area contributed by atoms with E-state index in [0.29, 0.717) is 34.4 Å². The van der Waals surface area contributed by atoms with Crippen LogP contribution in [0.15, 0.2) is 54.7 Å². The van der Waals surface area contributed by atoms with Gasteiger partial charge in [-0.05, 0) is 66.4 Å². The molecule has 7 heteroatoms. The summed E-state index contributed by atoms with van der Waals surface area (Å²) in [5.41, 5.74) is 2.09. The molecule has 0 saturated heterocycles. The molecule has 180 valence electrons. The zero-order valence-electron chi connectivity index (χ0n) is 19.6. The van der Waals surface area contributed by atoms with Gasteiger partial charge in [0.1, 0.15) is 11.4 Å². The first kappa shape index (κ1) is 23.2. The van der Waals surface area contributed by atoms with E-state index < -0.39 is 24.1 Å². The lowest BCUT2D eigenvalue weighted by atomic mass is 9.85. The number of rotatable bonds is 6. The SMILES string of the molecule is Cc1cc2ccccc2c(-c2ccc3c4c(ccnc24)CCO3)c1[C@@H](OC(C)(C)C(F)F)C(=O)O. The second-order valence-corrected chi connectivity index (χ2v) is 9.35. The number of benzene rings is 3. The monoisotopic (exact) mass is 477 g/mol. The number of carboxylic acid groups (broad SMARTS) is 1. The van der Waals surface area contributed by atoms with E-state index in [2.05, 4.69) is 4.98 Å². The van der Waals surface area contributed by atoms with Crippen molar-refractivity contribution in [3.05, 3.63) is 71.4 Å². The fourth-order valence-electron chi connectivity index (χ4n) is 4.82. The first-order chi connectivity index (χ1) is 16.7. The quantitative estimate of drug-likeness (QED) is 0.344. The molecule has 5 rings (SSSR count). The number of aromatic nitrogens is 1. The minimum Gasteiger partial charge on any atom is -0.493 e. The van der Waals surface area contributed by atoms with Crippen LogP contribution in [0.25, 0.3) is 32.8 Å². The van der Waals surface area contributed by atoms with Gasteiger partial charge in [-0.2, -0.15) is 0 Å². The van der Waals surface area contributed by atoms with Crippen molar-refractivity contribution in [1.82, 2.24) is 4.98 Å². The molecule has 0 radical (unpaired) electrons. The van der Waals surface area contributed by atoms with Crippen LogP contribution in [0.2, 0.25) is 0 Å². The van der Waals surface area contributed by atoms with Crippen molar-refractivity contribution in [3.63, 3.8) is 0 Å². The fourth-order valence-corrected chi connectivity index (χ4v) is 4.82. The first-order valence-electron chi connectivity index (χ1n) is 11.4. The molecule has 0 spiro atoms. The number of carbonyl (C=O) groups is 1. The molecule has 0 saturated carbocycles. The zero-order chi connectivity index (χ0) is 24.9. The molecule has 2 heterocycles. The second-order valence-electron chi connectivity index (χ2n) is 9.35. The number of hydrogen-bond donors (Lipinski definition) is 1. The van der Waals surface area contributed by atoms with Gasteiger partial charge < -0.3 is 14.6 Å². The van der Waals surface area contributed by atoms with Gasteiger partial charge in [0.15, 0.2) is 6.10 Å². The molecular formula is C28H25F2NO4. The Hall–Kier alpha value is -3.58. The van der Waals surface area contributed by atoms with Crippen molar-refractivity contribution in [2.75, 3.05) is 6.61 Å². The number of halogens is 2. The third kappa shape index (κ3) is 3.90. The second kappa shape index (κ2) is 8.57. The molecule has 5 nitrogen and oxygen atoms in total. The smallest absolute Gasteiger partial charge is 0.337 e. The summed E-state index contributed by atoms with van der Waals surface area (Å²) in [4.78, 5) is 17.2. The average Bonchev–Trinajstić information content (AvgIpc) is 2.82. The molecule has 0 bridgehead atoms. The lowest BCUT2D eigenvalue weighted by Gasteiger charge is -2.31. The first-order valence-corrected chi connectivity index (χ1v) is 11.4. The van der Waals surface area contributed by atoms with Gasteiger partial charge in [0.05, 0.1) is 12.1 Å². The molecule has 0 unspecified atom stereocenters. The Morgan fingerprint density at radius 2 is 1.94 bits per heavy atom. The predicted molar refractivity (Wildman–Crippen MR) is 130 cm³/mol. The van der Waals surface area contributed by atoms with E-state index in [-0.39, 0.29) is 0 Å². The summed E-state index contributed by atoms with van der Waals surface area (Å²) < 4.78 is 39.0. The Balaban J connectivity index is 1.87. The van der Waals surface area contributed by atoms with Crippen LogP contribution in [0, 0.1) is 6.92 Å². The Morgan fingerprint density at radius 3 is 2.69 bits per heavy atom. The minimum absolute atomic E-state index is 0.337. The van der Waals surface area contributed by atoms with Gasteiger partial charge in [-0.25, -0.2) is 13.6 Å². The highest BCUT2D eigenvalue weighted by Gasteiger charge is 2.39. The lowest BCUT2D eigenvalue weighted by molar-refractivity contribution is -0.180. The van der Waals surface area contributed by atoms with Crippen molar-refractivity contribution in [1.29, 1.82) is 0 Å². The molecule has 0 amide bonds. The topological polar surface area (TPSA) is 68.7 Å². The number of nitrogens with zero attached hydrogens (tertiary/aromatic N) is 1. The highest BCUT2D eigenvalue weighted by Crippen LogP contribution is 2.45. The molecule has 1 aliphatic heterocycles. The molecule has 1 aromatic heterocycles.